The third-order valence-electron chi connectivity index (χ3n) is 3.96. The second-order valence-corrected chi connectivity index (χ2v) is 5.18. The van der Waals surface area contributed by atoms with Crippen molar-refractivity contribution in [2.45, 2.75) is 26.2 Å². The van der Waals surface area contributed by atoms with Crippen LogP contribution >= 0.6 is 0 Å². The molecule has 0 saturated carbocycles. The molecule has 1 aromatic carbocycles. The van der Waals surface area contributed by atoms with E-state index in [0.717, 1.165) is 43.6 Å². The van der Waals surface area contributed by atoms with E-state index in [9.17, 15) is 9.18 Å². The van der Waals surface area contributed by atoms with Gasteiger partial charge in [-0.2, -0.15) is 0 Å². The molecule has 1 heterocycles. The van der Waals surface area contributed by atoms with Crippen LogP contribution in [-0.2, 0) is 4.79 Å². The van der Waals surface area contributed by atoms with Crippen LogP contribution in [-0.4, -0.2) is 24.2 Å². The summed E-state index contributed by atoms with van der Waals surface area (Å²) >= 11 is 0. The molecule has 0 bridgehead atoms. The Bertz CT molecular complexity index is 505. The fraction of sp³-hybridized carbons (Fsp3) is 0.438. The second kappa shape index (κ2) is 6.55. The van der Waals surface area contributed by atoms with Crippen LogP contribution in [0.2, 0.25) is 0 Å². The molecule has 2 rings (SSSR count). The van der Waals surface area contributed by atoms with Gasteiger partial charge in [-0.1, -0.05) is 19.4 Å². The Morgan fingerprint density at radius 1 is 1.45 bits per heavy atom. The highest BCUT2D eigenvalue weighted by Crippen LogP contribution is 2.29. The molecular formula is C16H20FNO2. The lowest BCUT2D eigenvalue weighted by molar-refractivity contribution is -0.131. The predicted octanol–water partition coefficient (Wildman–Crippen LogP) is 3.55. The van der Waals surface area contributed by atoms with Crippen molar-refractivity contribution in [3.8, 4) is 0 Å². The Kier molecular flexibility index (Phi) is 4.77. The number of carboxylic acids is 1. The first kappa shape index (κ1) is 14.6. The molecule has 1 aliphatic heterocycles. The lowest BCUT2D eigenvalue weighted by atomic mass is 9.93. The van der Waals surface area contributed by atoms with E-state index >= 15 is 0 Å². The highest BCUT2D eigenvalue weighted by atomic mass is 19.1. The molecule has 1 aromatic rings. The van der Waals surface area contributed by atoms with Crippen LogP contribution in [0.3, 0.4) is 0 Å². The third kappa shape index (κ3) is 3.38. The number of benzene rings is 1. The van der Waals surface area contributed by atoms with E-state index in [0.29, 0.717) is 5.56 Å². The maximum absolute atomic E-state index is 13.9. The van der Waals surface area contributed by atoms with Gasteiger partial charge in [0.25, 0.3) is 0 Å². The molecular weight excluding hydrogens is 257 g/mol. The molecule has 0 aromatic heterocycles. The minimum absolute atomic E-state index is 0.366. The van der Waals surface area contributed by atoms with E-state index < -0.39 is 5.97 Å². The number of rotatable bonds is 4. The van der Waals surface area contributed by atoms with Crippen molar-refractivity contribution in [3.63, 3.8) is 0 Å². The van der Waals surface area contributed by atoms with Crippen LogP contribution in [0.1, 0.15) is 31.7 Å². The topological polar surface area (TPSA) is 40.5 Å². The highest BCUT2D eigenvalue weighted by Gasteiger charge is 2.20. The number of hydrogen-bond acceptors (Lipinski definition) is 2. The summed E-state index contributed by atoms with van der Waals surface area (Å²) in [6.07, 6.45) is 5.73. The maximum atomic E-state index is 13.9. The third-order valence-corrected chi connectivity index (χ3v) is 3.96. The number of aliphatic carboxylic acids is 1. The van der Waals surface area contributed by atoms with Crippen LogP contribution in [0.5, 0.6) is 0 Å². The van der Waals surface area contributed by atoms with Crippen molar-refractivity contribution in [1.29, 1.82) is 0 Å². The Labute approximate surface area is 118 Å². The summed E-state index contributed by atoms with van der Waals surface area (Å²) in [5.74, 6) is -0.695. The average Bonchev–Trinajstić information content (AvgIpc) is 2.45. The molecule has 0 radical (unpaired) electrons. The van der Waals surface area contributed by atoms with Crippen LogP contribution in [0, 0.1) is 11.7 Å². The lowest BCUT2D eigenvalue weighted by Gasteiger charge is -2.34. The second-order valence-electron chi connectivity index (χ2n) is 5.18. The SMILES string of the molecule is CCC1CCN(c2cccc(F)c2/C=C/C(=O)O)CC1. The highest BCUT2D eigenvalue weighted by molar-refractivity contribution is 5.87. The number of carboxylic acid groups (broad SMARTS) is 1. The summed E-state index contributed by atoms with van der Waals surface area (Å²) in [7, 11) is 0. The summed E-state index contributed by atoms with van der Waals surface area (Å²) < 4.78 is 13.9. The van der Waals surface area contributed by atoms with Gasteiger partial charge in [-0.25, -0.2) is 9.18 Å². The van der Waals surface area contributed by atoms with Crippen LogP contribution in [0.15, 0.2) is 24.3 Å². The van der Waals surface area contributed by atoms with Crippen molar-refractivity contribution < 1.29 is 14.3 Å². The largest absolute Gasteiger partial charge is 0.478 e. The molecule has 0 atom stereocenters. The van der Waals surface area contributed by atoms with E-state index in [4.69, 9.17) is 5.11 Å². The molecule has 1 aliphatic rings. The monoisotopic (exact) mass is 277 g/mol. The first-order valence-electron chi connectivity index (χ1n) is 7.06. The molecule has 1 fully saturated rings. The minimum atomic E-state index is -1.07. The molecule has 108 valence electrons. The van der Waals surface area contributed by atoms with Gasteiger partial charge in [-0.3, -0.25) is 0 Å². The first-order valence-corrected chi connectivity index (χ1v) is 7.06. The molecule has 0 spiro atoms. The van der Waals surface area contributed by atoms with Crippen molar-refractivity contribution in [1.82, 2.24) is 0 Å². The van der Waals surface area contributed by atoms with Gasteiger partial charge in [-0.15, -0.1) is 0 Å². The van der Waals surface area contributed by atoms with Gasteiger partial charge < -0.3 is 10.0 Å². The normalized spacial score (nSPS) is 16.8. The van der Waals surface area contributed by atoms with E-state index in [1.165, 1.54) is 18.6 Å². The van der Waals surface area contributed by atoms with E-state index in [1.807, 2.05) is 6.07 Å². The zero-order chi connectivity index (χ0) is 14.5. The van der Waals surface area contributed by atoms with Gasteiger partial charge in [-0.05, 0) is 37.0 Å². The van der Waals surface area contributed by atoms with Gasteiger partial charge in [0, 0.05) is 30.4 Å². The summed E-state index contributed by atoms with van der Waals surface area (Å²) in [5, 5.41) is 8.71. The zero-order valence-electron chi connectivity index (χ0n) is 11.7. The molecule has 0 unspecified atom stereocenters. The molecule has 0 aliphatic carbocycles. The van der Waals surface area contributed by atoms with E-state index in [1.54, 1.807) is 6.07 Å². The molecule has 3 nitrogen and oxygen atoms in total. The molecule has 4 heteroatoms. The van der Waals surface area contributed by atoms with Crippen LogP contribution < -0.4 is 4.90 Å². The quantitative estimate of drug-likeness (QED) is 0.856. The Hall–Kier alpha value is -1.84. The standard InChI is InChI=1S/C16H20FNO2/c1-2-12-8-10-18(11-9-12)15-5-3-4-14(17)13(15)6-7-16(19)20/h3-7,12H,2,8-11H2,1H3,(H,19,20)/b7-6+. The number of halogens is 1. The lowest BCUT2D eigenvalue weighted by Crippen LogP contribution is -2.34. The van der Waals surface area contributed by atoms with Crippen molar-refractivity contribution in [2.24, 2.45) is 5.92 Å². The Balaban J connectivity index is 2.23. The van der Waals surface area contributed by atoms with Gasteiger partial charge in [0.2, 0.25) is 0 Å². The summed E-state index contributed by atoms with van der Waals surface area (Å²) in [4.78, 5) is 12.8. The smallest absolute Gasteiger partial charge is 0.328 e. The summed E-state index contributed by atoms with van der Waals surface area (Å²) in [6.45, 7) is 4.00. The number of hydrogen-bond donors (Lipinski definition) is 1. The number of nitrogens with zero attached hydrogens (tertiary/aromatic N) is 1. The fourth-order valence-electron chi connectivity index (χ4n) is 2.70. The predicted molar refractivity (Wildman–Crippen MR) is 78.3 cm³/mol. The van der Waals surface area contributed by atoms with Crippen molar-refractivity contribution >= 4 is 17.7 Å². The number of piperidine rings is 1. The number of carbonyl (C=O) groups is 1. The molecule has 1 saturated heterocycles. The zero-order valence-corrected chi connectivity index (χ0v) is 11.7. The Morgan fingerprint density at radius 2 is 2.15 bits per heavy atom. The molecule has 0 amide bonds. The fourth-order valence-corrected chi connectivity index (χ4v) is 2.70. The summed E-state index contributed by atoms with van der Waals surface area (Å²) in [5.41, 5.74) is 1.15. The summed E-state index contributed by atoms with van der Waals surface area (Å²) in [6, 6.07) is 4.90. The van der Waals surface area contributed by atoms with Gasteiger partial charge in [0.05, 0.1) is 0 Å². The minimum Gasteiger partial charge on any atom is -0.478 e. The van der Waals surface area contributed by atoms with Gasteiger partial charge in [0.15, 0.2) is 0 Å². The van der Waals surface area contributed by atoms with Crippen molar-refractivity contribution in [3.05, 3.63) is 35.7 Å². The average molecular weight is 277 g/mol. The molecule has 20 heavy (non-hydrogen) atoms. The van der Waals surface area contributed by atoms with Crippen LogP contribution in [0.4, 0.5) is 10.1 Å². The van der Waals surface area contributed by atoms with E-state index in [-0.39, 0.29) is 5.82 Å². The van der Waals surface area contributed by atoms with Crippen molar-refractivity contribution in [2.75, 3.05) is 18.0 Å². The van der Waals surface area contributed by atoms with Gasteiger partial charge >= 0.3 is 5.97 Å². The van der Waals surface area contributed by atoms with Crippen LogP contribution in [0.25, 0.3) is 6.08 Å². The molecule has 1 N–H and O–H groups in total. The maximum Gasteiger partial charge on any atom is 0.328 e. The number of anilines is 1. The van der Waals surface area contributed by atoms with Gasteiger partial charge in [0.1, 0.15) is 5.82 Å². The van der Waals surface area contributed by atoms with E-state index in [2.05, 4.69) is 11.8 Å². The Morgan fingerprint density at radius 3 is 2.75 bits per heavy atom. The first-order chi connectivity index (χ1) is 9.61.